The smallest absolute Gasteiger partial charge is 0.339 e. The van der Waals surface area contributed by atoms with Gasteiger partial charge >= 0.3 is 5.97 Å². The summed E-state index contributed by atoms with van der Waals surface area (Å²) in [5.41, 5.74) is 5.68. The number of hydrogen-bond donors (Lipinski definition) is 2. The number of nitrogens with two attached hydrogens (primary N) is 1. The van der Waals surface area contributed by atoms with Gasteiger partial charge in [-0.25, -0.2) is 4.79 Å². The molecule has 4 nitrogen and oxygen atoms in total. The van der Waals surface area contributed by atoms with Crippen molar-refractivity contribution in [3.8, 4) is 5.75 Å². The largest absolute Gasteiger partial charge is 0.508 e. The Labute approximate surface area is 86.2 Å². The number of nitrogen functional groups attached to an aromatic ring is 1. The third-order valence-electron chi connectivity index (χ3n) is 1.58. The highest BCUT2D eigenvalue weighted by Gasteiger charge is 2.14. The van der Waals surface area contributed by atoms with Crippen LogP contribution < -0.4 is 5.73 Å². The summed E-state index contributed by atoms with van der Waals surface area (Å²) >= 11 is 5.76. The lowest BCUT2D eigenvalue weighted by Gasteiger charge is -2.06. The molecule has 0 saturated carbocycles. The number of esters is 1. The van der Waals surface area contributed by atoms with Crippen LogP contribution in [0.15, 0.2) is 12.1 Å². The molecule has 0 atom stereocenters. The zero-order chi connectivity index (χ0) is 10.7. The van der Waals surface area contributed by atoms with Crippen molar-refractivity contribution in [1.82, 2.24) is 0 Å². The number of hydrogen-bond acceptors (Lipinski definition) is 4. The summed E-state index contributed by atoms with van der Waals surface area (Å²) in [6.07, 6.45) is 0. The number of rotatable bonds is 2. The van der Waals surface area contributed by atoms with Gasteiger partial charge in [0.1, 0.15) is 5.75 Å². The number of ether oxygens (including phenoxy) is 1. The van der Waals surface area contributed by atoms with Crippen molar-refractivity contribution >= 4 is 23.3 Å². The standard InChI is InChI=1S/C9H10ClNO3/c1-2-14-9(13)6-3-5(12)4-7(11)8(6)10/h3-4,12H,2,11H2,1H3. The van der Waals surface area contributed by atoms with Crippen LogP contribution in [0.2, 0.25) is 5.02 Å². The molecular formula is C9H10ClNO3. The molecule has 0 bridgehead atoms. The highest BCUT2D eigenvalue weighted by Crippen LogP contribution is 2.28. The minimum Gasteiger partial charge on any atom is -0.508 e. The van der Waals surface area contributed by atoms with Gasteiger partial charge in [-0.05, 0) is 13.0 Å². The topological polar surface area (TPSA) is 72.5 Å². The number of carbonyl (C=O) groups is 1. The van der Waals surface area contributed by atoms with Crippen LogP contribution in [0.1, 0.15) is 17.3 Å². The van der Waals surface area contributed by atoms with Crippen molar-refractivity contribution < 1.29 is 14.6 Å². The second-order valence-electron chi connectivity index (χ2n) is 2.62. The number of anilines is 1. The summed E-state index contributed by atoms with van der Waals surface area (Å²) in [6.45, 7) is 1.92. The zero-order valence-electron chi connectivity index (χ0n) is 7.58. The molecule has 0 amide bonds. The van der Waals surface area contributed by atoms with Crippen LogP contribution in [0.3, 0.4) is 0 Å². The molecule has 1 aromatic rings. The molecule has 0 radical (unpaired) electrons. The van der Waals surface area contributed by atoms with Gasteiger partial charge in [0.25, 0.3) is 0 Å². The predicted octanol–water partition coefficient (Wildman–Crippen LogP) is 1.80. The Kier molecular flexibility index (Phi) is 3.19. The first-order valence-electron chi connectivity index (χ1n) is 4.01. The number of phenols is 1. The first-order valence-corrected chi connectivity index (χ1v) is 4.39. The monoisotopic (exact) mass is 215 g/mol. The van der Waals surface area contributed by atoms with Gasteiger partial charge in [0.15, 0.2) is 0 Å². The van der Waals surface area contributed by atoms with Crippen LogP contribution >= 0.6 is 11.6 Å². The number of carbonyl (C=O) groups excluding carboxylic acids is 1. The molecule has 14 heavy (non-hydrogen) atoms. The Morgan fingerprint density at radius 2 is 2.29 bits per heavy atom. The quantitative estimate of drug-likeness (QED) is 0.583. The maximum atomic E-state index is 11.3. The second kappa shape index (κ2) is 4.19. The van der Waals surface area contributed by atoms with Crippen molar-refractivity contribution in [2.24, 2.45) is 0 Å². The van der Waals surface area contributed by atoms with E-state index in [4.69, 9.17) is 22.1 Å². The normalized spacial score (nSPS) is 9.86. The van der Waals surface area contributed by atoms with Gasteiger partial charge in [0, 0.05) is 6.07 Å². The van der Waals surface area contributed by atoms with Crippen LogP contribution in [0, 0.1) is 0 Å². The molecule has 0 fully saturated rings. The molecule has 0 aliphatic carbocycles. The third kappa shape index (κ3) is 2.09. The van der Waals surface area contributed by atoms with E-state index in [1.165, 1.54) is 12.1 Å². The van der Waals surface area contributed by atoms with Gasteiger partial charge in [0.2, 0.25) is 0 Å². The molecule has 0 heterocycles. The number of aromatic hydroxyl groups is 1. The molecule has 0 saturated heterocycles. The summed E-state index contributed by atoms with van der Waals surface area (Å²) in [7, 11) is 0. The molecule has 0 aliphatic heterocycles. The third-order valence-corrected chi connectivity index (χ3v) is 2.00. The average molecular weight is 216 g/mol. The van der Waals surface area contributed by atoms with Crippen molar-refractivity contribution in [2.75, 3.05) is 12.3 Å². The van der Waals surface area contributed by atoms with E-state index in [1.807, 2.05) is 0 Å². The van der Waals surface area contributed by atoms with E-state index in [2.05, 4.69) is 0 Å². The van der Waals surface area contributed by atoms with E-state index >= 15 is 0 Å². The summed E-state index contributed by atoms with van der Waals surface area (Å²) in [6, 6.07) is 2.49. The second-order valence-corrected chi connectivity index (χ2v) is 2.99. The Morgan fingerprint density at radius 1 is 1.64 bits per heavy atom. The maximum absolute atomic E-state index is 11.3. The lowest BCUT2D eigenvalue weighted by molar-refractivity contribution is 0.0526. The first kappa shape index (κ1) is 10.7. The van der Waals surface area contributed by atoms with E-state index in [0.717, 1.165) is 0 Å². The summed E-state index contributed by atoms with van der Waals surface area (Å²) in [5.74, 6) is -0.713. The van der Waals surface area contributed by atoms with Crippen LogP contribution in [0.5, 0.6) is 5.75 Å². The summed E-state index contributed by atoms with van der Waals surface area (Å²) < 4.78 is 4.73. The molecule has 5 heteroatoms. The van der Waals surface area contributed by atoms with Gasteiger partial charge in [0.05, 0.1) is 22.9 Å². The first-order chi connectivity index (χ1) is 6.56. The fourth-order valence-electron chi connectivity index (χ4n) is 0.988. The molecule has 0 spiro atoms. The van der Waals surface area contributed by atoms with Crippen molar-refractivity contribution in [3.05, 3.63) is 22.7 Å². The Morgan fingerprint density at radius 3 is 2.86 bits per heavy atom. The van der Waals surface area contributed by atoms with Crippen LogP contribution in [0.25, 0.3) is 0 Å². The van der Waals surface area contributed by atoms with Gasteiger partial charge in [-0.2, -0.15) is 0 Å². The molecule has 76 valence electrons. The number of phenolic OH excluding ortho intramolecular Hbond substituents is 1. The van der Waals surface area contributed by atoms with Gasteiger partial charge in [-0.15, -0.1) is 0 Å². The summed E-state index contributed by atoms with van der Waals surface area (Å²) in [5, 5.41) is 9.29. The van der Waals surface area contributed by atoms with E-state index in [9.17, 15) is 9.90 Å². The van der Waals surface area contributed by atoms with E-state index in [-0.39, 0.29) is 28.6 Å². The fourth-order valence-corrected chi connectivity index (χ4v) is 1.17. The average Bonchev–Trinajstić information content (AvgIpc) is 2.11. The lowest BCUT2D eigenvalue weighted by Crippen LogP contribution is -2.06. The van der Waals surface area contributed by atoms with Crippen molar-refractivity contribution in [1.29, 1.82) is 0 Å². The van der Waals surface area contributed by atoms with Crippen LogP contribution in [0.4, 0.5) is 5.69 Å². The number of halogens is 1. The van der Waals surface area contributed by atoms with E-state index in [1.54, 1.807) is 6.92 Å². The Hall–Kier alpha value is -1.42. The molecular weight excluding hydrogens is 206 g/mol. The van der Waals surface area contributed by atoms with Crippen LogP contribution in [-0.2, 0) is 4.74 Å². The van der Waals surface area contributed by atoms with Crippen molar-refractivity contribution in [3.63, 3.8) is 0 Å². The highest BCUT2D eigenvalue weighted by atomic mass is 35.5. The SMILES string of the molecule is CCOC(=O)c1cc(O)cc(N)c1Cl. The van der Waals surface area contributed by atoms with Gasteiger partial charge in [-0.3, -0.25) is 0 Å². The lowest BCUT2D eigenvalue weighted by atomic mass is 10.2. The molecule has 3 N–H and O–H groups in total. The molecule has 0 aromatic heterocycles. The van der Waals surface area contributed by atoms with E-state index in [0.29, 0.717) is 0 Å². The maximum Gasteiger partial charge on any atom is 0.339 e. The van der Waals surface area contributed by atoms with Gasteiger partial charge < -0.3 is 15.6 Å². The molecule has 1 aromatic carbocycles. The zero-order valence-corrected chi connectivity index (χ0v) is 8.34. The minimum atomic E-state index is -0.597. The Balaban J connectivity index is 3.13. The molecule has 0 aliphatic rings. The van der Waals surface area contributed by atoms with E-state index < -0.39 is 5.97 Å². The van der Waals surface area contributed by atoms with Crippen molar-refractivity contribution in [2.45, 2.75) is 6.92 Å². The highest BCUT2D eigenvalue weighted by molar-refractivity contribution is 6.36. The predicted molar refractivity (Wildman–Crippen MR) is 53.5 cm³/mol. The molecule has 1 rings (SSSR count). The van der Waals surface area contributed by atoms with Crippen LogP contribution in [-0.4, -0.2) is 17.7 Å². The fraction of sp³-hybridized carbons (Fsp3) is 0.222. The molecule has 0 unspecified atom stereocenters. The minimum absolute atomic E-state index is 0.0750. The van der Waals surface area contributed by atoms with Gasteiger partial charge in [-0.1, -0.05) is 11.6 Å². The Bertz CT molecular complexity index is 365. The summed E-state index contributed by atoms with van der Waals surface area (Å²) in [4.78, 5) is 11.3. The number of benzene rings is 1.